The Morgan fingerprint density at radius 2 is 1.92 bits per heavy atom. The first-order chi connectivity index (χ1) is 11.5. The second-order valence-electron chi connectivity index (χ2n) is 6.25. The van der Waals surface area contributed by atoms with Gasteiger partial charge < -0.3 is 5.32 Å². The minimum absolute atomic E-state index is 0.0382. The van der Waals surface area contributed by atoms with Crippen molar-refractivity contribution in [3.05, 3.63) is 69.7 Å². The lowest BCUT2D eigenvalue weighted by Gasteiger charge is -2.28. The Labute approximate surface area is 152 Å². The molecule has 0 radical (unpaired) electrons. The zero-order valence-corrected chi connectivity index (χ0v) is 15.0. The summed E-state index contributed by atoms with van der Waals surface area (Å²) in [5, 5.41) is 4.33. The van der Waals surface area contributed by atoms with Crippen LogP contribution in [0.5, 0.6) is 0 Å². The highest BCUT2D eigenvalue weighted by Crippen LogP contribution is 2.28. The Bertz CT molecular complexity index is 717. The molecule has 1 N–H and O–H groups in total. The second kappa shape index (κ2) is 7.56. The van der Waals surface area contributed by atoms with Crippen molar-refractivity contribution in [1.82, 2.24) is 10.2 Å². The number of carbonyl (C=O) groups excluding carboxylic acids is 1. The number of rotatable bonds is 6. The molecule has 0 bridgehead atoms. The summed E-state index contributed by atoms with van der Waals surface area (Å²) in [6.45, 7) is 0.563. The molecule has 3 nitrogen and oxygen atoms in total. The first kappa shape index (κ1) is 17.3. The van der Waals surface area contributed by atoms with E-state index in [1.54, 1.807) is 6.07 Å². The lowest BCUT2D eigenvalue weighted by atomic mass is 10.0. The van der Waals surface area contributed by atoms with Gasteiger partial charge in [0.2, 0.25) is 5.91 Å². The molecule has 24 heavy (non-hydrogen) atoms. The van der Waals surface area contributed by atoms with Crippen LogP contribution in [-0.2, 0) is 11.3 Å². The number of hydrogen-bond acceptors (Lipinski definition) is 2. The lowest BCUT2D eigenvalue weighted by Crippen LogP contribution is -2.39. The molecular weight excluding hydrogens is 343 g/mol. The molecule has 126 valence electrons. The van der Waals surface area contributed by atoms with E-state index in [0.29, 0.717) is 22.6 Å². The van der Waals surface area contributed by atoms with Crippen molar-refractivity contribution >= 4 is 29.1 Å². The summed E-state index contributed by atoms with van der Waals surface area (Å²) >= 11 is 12.3. The Morgan fingerprint density at radius 3 is 2.54 bits per heavy atom. The van der Waals surface area contributed by atoms with Crippen molar-refractivity contribution in [2.45, 2.75) is 31.5 Å². The fraction of sp³-hybridized carbons (Fsp3) is 0.316. The van der Waals surface area contributed by atoms with Crippen LogP contribution in [0.25, 0.3) is 0 Å². The number of likely N-dealkylation sites (N-methyl/N-ethyl adjacent to an activating group) is 1. The number of amides is 1. The van der Waals surface area contributed by atoms with Gasteiger partial charge in [0, 0.05) is 22.6 Å². The summed E-state index contributed by atoms with van der Waals surface area (Å²) in [6.07, 6.45) is 2.14. The fourth-order valence-corrected chi connectivity index (χ4v) is 3.23. The average molecular weight is 363 g/mol. The highest BCUT2D eigenvalue weighted by molar-refractivity contribution is 6.35. The van der Waals surface area contributed by atoms with Crippen molar-refractivity contribution in [2.75, 3.05) is 7.05 Å². The molecule has 1 saturated carbocycles. The Morgan fingerprint density at radius 1 is 1.21 bits per heavy atom. The topological polar surface area (TPSA) is 32.3 Å². The maximum atomic E-state index is 12.8. The van der Waals surface area contributed by atoms with Gasteiger partial charge in [0.05, 0.1) is 0 Å². The van der Waals surface area contributed by atoms with E-state index in [1.165, 1.54) is 0 Å². The van der Waals surface area contributed by atoms with Crippen LogP contribution in [0.3, 0.4) is 0 Å². The van der Waals surface area contributed by atoms with Crippen LogP contribution in [0.15, 0.2) is 48.5 Å². The molecule has 3 rings (SSSR count). The zero-order valence-electron chi connectivity index (χ0n) is 13.5. The Kier molecular flexibility index (Phi) is 5.44. The molecule has 1 fully saturated rings. The van der Waals surface area contributed by atoms with E-state index in [4.69, 9.17) is 23.2 Å². The molecule has 0 heterocycles. The van der Waals surface area contributed by atoms with Crippen LogP contribution in [0.2, 0.25) is 10.0 Å². The molecule has 0 saturated heterocycles. The molecule has 1 aliphatic rings. The third-order valence-electron chi connectivity index (χ3n) is 4.16. The van der Waals surface area contributed by atoms with Crippen LogP contribution in [-0.4, -0.2) is 23.9 Å². The van der Waals surface area contributed by atoms with Crippen molar-refractivity contribution < 1.29 is 4.79 Å². The van der Waals surface area contributed by atoms with Crippen molar-refractivity contribution in [3.8, 4) is 0 Å². The molecule has 2 aromatic rings. The monoisotopic (exact) mass is 362 g/mol. The standard InChI is InChI=1S/C19H20Cl2N2O/c1-23(12-14-7-8-15(20)11-17(14)21)18(13-5-3-2-4-6-13)19(24)22-16-9-10-16/h2-8,11,16,18H,9-10,12H2,1H3,(H,22,24)/t18-/m1/s1. The van der Waals surface area contributed by atoms with Crippen LogP contribution < -0.4 is 5.32 Å². The number of nitrogens with zero attached hydrogens (tertiary/aromatic N) is 1. The third-order valence-corrected chi connectivity index (χ3v) is 4.75. The van der Waals surface area contributed by atoms with Crippen LogP contribution in [0.1, 0.15) is 30.0 Å². The van der Waals surface area contributed by atoms with Crippen LogP contribution in [0, 0.1) is 0 Å². The van der Waals surface area contributed by atoms with Gasteiger partial charge in [-0.05, 0) is 43.1 Å². The van der Waals surface area contributed by atoms with Gasteiger partial charge in [-0.2, -0.15) is 0 Å². The number of nitrogens with one attached hydrogen (secondary N) is 1. The summed E-state index contributed by atoms with van der Waals surface area (Å²) in [4.78, 5) is 14.8. The van der Waals surface area contributed by atoms with Crippen LogP contribution in [0.4, 0.5) is 0 Å². The maximum absolute atomic E-state index is 12.8. The molecule has 0 unspecified atom stereocenters. The maximum Gasteiger partial charge on any atom is 0.242 e. The fourth-order valence-electron chi connectivity index (χ4n) is 2.76. The first-order valence-electron chi connectivity index (χ1n) is 8.04. The molecule has 1 aliphatic carbocycles. The Hall–Kier alpha value is -1.55. The van der Waals surface area contributed by atoms with Crippen molar-refractivity contribution in [1.29, 1.82) is 0 Å². The molecular formula is C19H20Cl2N2O. The quantitative estimate of drug-likeness (QED) is 0.823. The van der Waals surface area contributed by atoms with Gasteiger partial charge in [-0.15, -0.1) is 0 Å². The van der Waals surface area contributed by atoms with E-state index in [0.717, 1.165) is 24.0 Å². The minimum Gasteiger partial charge on any atom is -0.352 e. The summed E-state index contributed by atoms with van der Waals surface area (Å²) in [6, 6.07) is 15.3. The van der Waals surface area contributed by atoms with E-state index >= 15 is 0 Å². The second-order valence-corrected chi connectivity index (χ2v) is 7.09. The molecule has 1 atom stereocenters. The SMILES string of the molecule is CN(Cc1ccc(Cl)cc1Cl)[C@@H](C(=O)NC1CC1)c1ccccc1. The minimum atomic E-state index is -0.349. The number of halogens is 2. The predicted octanol–water partition coefficient (Wildman–Crippen LogP) is 4.45. The molecule has 0 spiro atoms. The largest absolute Gasteiger partial charge is 0.352 e. The first-order valence-corrected chi connectivity index (χ1v) is 8.79. The van der Waals surface area contributed by atoms with Crippen molar-refractivity contribution in [3.63, 3.8) is 0 Å². The molecule has 1 amide bonds. The van der Waals surface area contributed by atoms with Gasteiger partial charge in [0.25, 0.3) is 0 Å². The van der Waals surface area contributed by atoms with Gasteiger partial charge in [-0.3, -0.25) is 9.69 Å². The normalized spacial score (nSPS) is 15.3. The number of hydrogen-bond donors (Lipinski definition) is 1. The van der Waals surface area contributed by atoms with E-state index < -0.39 is 0 Å². The van der Waals surface area contributed by atoms with E-state index in [9.17, 15) is 4.79 Å². The summed E-state index contributed by atoms with van der Waals surface area (Å²) < 4.78 is 0. The zero-order chi connectivity index (χ0) is 17.1. The van der Waals surface area contributed by atoms with Gasteiger partial charge in [0.1, 0.15) is 6.04 Å². The van der Waals surface area contributed by atoms with Gasteiger partial charge in [0.15, 0.2) is 0 Å². The predicted molar refractivity (Wildman–Crippen MR) is 98.3 cm³/mol. The molecule has 5 heteroatoms. The summed E-state index contributed by atoms with van der Waals surface area (Å²) in [7, 11) is 1.94. The summed E-state index contributed by atoms with van der Waals surface area (Å²) in [5.41, 5.74) is 1.92. The highest BCUT2D eigenvalue weighted by atomic mass is 35.5. The van der Waals surface area contributed by atoms with E-state index in [1.807, 2.05) is 54.4 Å². The lowest BCUT2D eigenvalue weighted by molar-refractivity contribution is -0.126. The van der Waals surface area contributed by atoms with Gasteiger partial charge in [-0.25, -0.2) is 0 Å². The Balaban J connectivity index is 1.82. The average Bonchev–Trinajstić information content (AvgIpc) is 3.35. The van der Waals surface area contributed by atoms with E-state index in [2.05, 4.69) is 5.32 Å². The number of carbonyl (C=O) groups is 1. The van der Waals surface area contributed by atoms with Crippen LogP contribution >= 0.6 is 23.2 Å². The molecule has 0 aromatic heterocycles. The van der Waals surface area contributed by atoms with Gasteiger partial charge >= 0.3 is 0 Å². The van der Waals surface area contributed by atoms with Crippen molar-refractivity contribution in [2.24, 2.45) is 0 Å². The third kappa shape index (κ3) is 4.29. The number of benzene rings is 2. The smallest absolute Gasteiger partial charge is 0.242 e. The highest BCUT2D eigenvalue weighted by Gasteiger charge is 2.30. The summed E-state index contributed by atoms with van der Waals surface area (Å²) in [5.74, 6) is 0.0382. The van der Waals surface area contributed by atoms with E-state index in [-0.39, 0.29) is 11.9 Å². The van der Waals surface area contributed by atoms with Gasteiger partial charge in [-0.1, -0.05) is 59.6 Å². The molecule has 2 aromatic carbocycles. The molecule has 0 aliphatic heterocycles.